The highest BCUT2D eigenvalue weighted by Crippen LogP contribution is 2.32. The monoisotopic (exact) mass is 284 g/mol. The van der Waals surface area contributed by atoms with Crippen molar-refractivity contribution in [1.29, 1.82) is 0 Å². The molecule has 0 aliphatic carbocycles. The van der Waals surface area contributed by atoms with Crippen LogP contribution in [0.3, 0.4) is 0 Å². The third-order valence-corrected chi connectivity index (χ3v) is 3.94. The Morgan fingerprint density at radius 2 is 1.88 bits per heavy atom. The zero-order chi connectivity index (χ0) is 12.4. The van der Waals surface area contributed by atoms with Gasteiger partial charge in [0.15, 0.2) is 0 Å². The van der Waals surface area contributed by atoms with Gasteiger partial charge in [-0.25, -0.2) is 9.97 Å². The summed E-state index contributed by atoms with van der Waals surface area (Å²) in [7, 11) is 0. The summed E-state index contributed by atoms with van der Waals surface area (Å²) in [4.78, 5) is 9.01. The topological polar surface area (TPSA) is 25.8 Å². The lowest BCUT2D eigenvalue weighted by atomic mass is 10.1. The highest BCUT2D eigenvalue weighted by molar-refractivity contribution is 7.99. The second-order valence-electron chi connectivity index (χ2n) is 3.64. The van der Waals surface area contributed by atoms with Crippen LogP contribution in [0, 0.1) is 13.8 Å². The van der Waals surface area contributed by atoms with E-state index in [1.54, 1.807) is 0 Å². The normalized spacial score (nSPS) is 10.6. The van der Waals surface area contributed by atoms with E-state index in [0.717, 1.165) is 4.90 Å². The van der Waals surface area contributed by atoms with E-state index in [1.807, 2.05) is 6.07 Å². The Morgan fingerprint density at radius 3 is 2.59 bits per heavy atom. The van der Waals surface area contributed by atoms with Gasteiger partial charge in [-0.15, -0.1) is 0 Å². The summed E-state index contributed by atoms with van der Waals surface area (Å²) in [6.45, 7) is 4.16. The number of halogens is 2. The zero-order valence-electron chi connectivity index (χ0n) is 9.37. The number of hydrogen-bond donors (Lipinski definition) is 0. The summed E-state index contributed by atoms with van der Waals surface area (Å²) in [5.74, 6) is 0. The fourth-order valence-electron chi connectivity index (χ4n) is 1.29. The molecule has 1 heterocycles. The van der Waals surface area contributed by atoms with Crippen molar-refractivity contribution in [2.45, 2.75) is 23.8 Å². The molecule has 0 amide bonds. The first-order valence-electron chi connectivity index (χ1n) is 4.99. The molecule has 0 saturated carbocycles. The van der Waals surface area contributed by atoms with E-state index in [0.29, 0.717) is 10.0 Å². The van der Waals surface area contributed by atoms with Crippen LogP contribution in [-0.4, -0.2) is 9.97 Å². The van der Waals surface area contributed by atoms with Crippen LogP contribution in [0.15, 0.2) is 34.3 Å². The molecule has 0 aliphatic heterocycles. The van der Waals surface area contributed by atoms with Crippen molar-refractivity contribution in [2.75, 3.05) is 0 Å². The third-order valence-electron chi connectivity index (χ3n) is 2.38. The molecule has 0 bridgehead atoms. The molecule has 17 heavy (non-hydrogen) atoms. The molecular formula is C12H10Cl2N2S. The van der Waals surface area contributed by atoms with Crippen molar-refractivity contribution in [3.05, 3.63) is 45.8 Å². The highest BCUT2D eigenvalue weighted by atomic mass is 35.5. The van der Waals surface area contributed by atoms with Gasteiger partial charge < -0.3 is 0 Å². The van der Waals surface area contributed by atoms with Crippen LogP contribution in [0.4, 0.5) is 0 Å². The van der Waals surface area contributed by atoms with Crippen molar-refractivity contribution in [3.63, 3.8) is 0 Å². The van der Waals surface area contributed by atoms with E-state index in [4.69, 9.17) is 23.2 Å². The fourth-order valence-corrected chi connectivity index (χ4v) is 2.56. The van der Waals surface area contributed by atoms with Crippen molar-refractivity contribution in [1.82, 2.24) is 9.97 Å². The first-order chi connectivity index (χ1) is 8.06. The molecule has 0 spiro atoms. The molecule has 5 heteroatoms. The molecule has 2 aromatic rings. The van der Waals surface area contributed by atoms with Crippen molar-refractivity contribution < 1.29 is 0 Å². The van der Waals surface area contributed by atoms with Crippen LogP contribution in [0.5, 0.6) is 0 Å². The average Bonchev–Trinajstić information content (AvgIpc) is 2.29. The van der Waals surface area contributed by atoms with E-state index in [2.05, 4.69) is 35.9 Å². The van der Waals surface area contributed by atoms with Gasteiger partial charge in [-0.3, -0.25) is 0 Å². The molecule has 0 atom stereocenters. The predicted octanol–water partition coefficient (Wildman–Crippen LogP) is 4.55. The largest absolute Gasteiger partial charge is 0.225 e. The van der Waals surface area contributed by atoms with E-state index >= 15 is 0 Å². The molecule has 2 rings (SSSR count). The number of rotatable bonds is 2. The molecular weight excluding hydrogens is 275 g/mol. The van der Waals surface area contributed by atoms with E-state index in [1.165, 1.54) is 29.1 Å². The van der Waals surface area contributed by atoms with Crippen molar-refractivity contribution in [2.24, 2.45) is 0 Å². The third kappa shape index (κ3) is 3.12. The fraction of sp³-hybridized carbons (Fsp3) is 0.167. The first-order valence-corrected chi connectivity index (χ1v) is 6.56. The van der Waals surface area contributed by atoms with E-state index in [-0.39, 0.29) is 5.28 Å². The molecule has 1 aromatic heterocycles. The Morgan fingerprint density at radius 1 is 1.12 bits per heavy atom. The lowest BCUT2D eigenvalue weighted by molar-refractivity contribution is 1.05. The highest BCUT2D eigenvalue weighted by Gasteiger charge is 2.07. The smallest absolute Gasteiger partial charge is 0.223 e. The Balaban J connectivity index is 2.31. The number of nitrogens with zero attached hydrogens (tertiary/aromatic N) is 2. The molecule has 2 nitrogen and oxygen atoms in total. The van der Waals surface area contributed by atoms with Gasteiger partial charge >= 0.3 is 0 Å². The SMILES string of the molecule is Cc1ccc(Sc2nc(Cl)ncc2Cl)cc1C. The van der Waals surface area contributed by atoms with Gasteiger partial charge in [0.25, 0.3) is 0 Å². The lowest BCUT2D eigenvalue weighted by Crippen LogP contribution is -1.87. The standard InChI is InChI=1S/C12H10Cl2N2S/c1-7-3-4-9(5-8(7)2)17-11-10(13)6-15-12(14)16-11/h3-6H,1-2H3. The van der Waals surface area contributed by atoms with Gasteiger partial charge in [0, 0.05) is 4.90 Å². The Bertz CT molecular complexity index is 558. The zero-order valence-corrected chi connectivity index (χ0v) is 11.7. The number of hydrogen-bond acceptors (Lipinski definition) is 3. The maximum atomic E-state index is 6.01. The minimum absolute atomic E-state index is 0.209. The molecule has 0 aliphatic rings. The number of aryl methyl sites for hydroxylation is 2. The summed E-state index contributed by atoms with van der Waals surface area (Å²) in [6.07, 6.45) is 1.51. The summed E-state index contributed by atoms with van der Waals surface area (Å²) in [5, 5.41) is 1.40. The minimum atomic E-state index is 0.209. The molecule has 0 saturated heterocycles. The second kappa shape index (κ2) is 5.25. The van der Waals surface area contributed by atoms with Crippen LogP contribution in [0.1, 0.15) is 11.1 Å². The number of benzene rings is 1. The molecule has 0 unspecified atom stereocenters. The Kier molecular flexibility index (Phi) is 3.92. The van der Waals surface area contributed by atoms with E-state index < -0.39 is 0 Å². The van der Waals surface area contributed by atoms with Crippen LogP contribution < -0.4 is 0 Å². The molecule has 0 radical (unpaired) electrons. The summed E-state index contributed by atoms with van der Waals surface area (Å²) < 4.78 is 0. The minimum Gasteiger partial charge on any atom is -0.225 e. The van der Waals surface area contributed by atoms with Gasteiger partial charge in [0.1, 0.15) is 5.03 Å². The summed E-state index contributed by atoms with van der Waals surface area (Å²) in [6, 6.07) is 6.22. The van der Waals surface area contributed by atoms with Crippen LogP contribution in [0.2, 0.25) is 10.3 Å². The van der Waals surface area contributed by atoms with Gasteiger partial charge in [-0.2, -0.15) is 0 Å². The van der Waals surface area contributed by atoms with Crippen LogP contribution >= 0.6 is 35.0 Å². The quantitative estimate of drug-likeness (QED) is 0.598. The van der Waals surface area contributed by atoms with Crippen molar-refractivity contribution >= 4 is 35.0 Å². The maximum absolute atomic E-state index is 6.01. The van der Waals surface area contributed by atoms with Gasteiger partial charge in [0.05, 0.1) is 11.2 Å². The predicted molar refractivity (Wildman–Crippen MR) is 72.1 cm³/mol. The van der Waals surface area contributed by atoms with Crippen LogP contribution in [-0.2, 0) is 0 Å². The lowest BCUT2D eigenvalue weighted by Gasteiger charge is -2.05. The van der Waals surface area contributed by atoms with E-state index in [9.17, 15) is 0 Å². The number of aromatic nitrogens is 2. The Labute approximate surface area is 114 Å². The van der Waals surface area contributed by atoms with Gasteiger partial charge in [-0.1, -0.05) is 29.4 Å². The van der Waals surface area contributed by atoms with Crippen molar-refractivity contribution in [3.8, 4) is 0 Å². The van der Waals surface area contributed by atoms with Crippen LogP contribution in [0.25, 0.3) is 0 Å². The van der Waals surface area contributed by atoms with Gasteiger partial charge in [0.2, 0.25) is 5.28 Å². The average molecular weight is 285 g/mol. The molecule has 1 aromatic carbocycles. The summed E-state index contributed by atoms with van der Waals surface area (Å²) in [5.41, 5.74) is 2.51. The first kappa shape index (κ1) is 12.7. The summed E-state index contributed by atoms with van der Waals surface area (Å²) >= 11 is 13.2. The second-order valence-corrected chi connectivity index (χ2v) is 5.45. The Hall–Kier alpha value is -0.770. The molecule has 0 fully saturated rings. The maximum Gasteiger partial charge on any atom is 0.223 e. The van der Waals surface area contributed by atoms with Gasteiger partial charge in [-0.05, 0) is 48.7 Å². The molecule has 88 valence electrons. The molecule has 0 N–H and O–H groups in total.